The monoisotopic (exact) mass is 289 g/mol. The van der Waals surface area contributed by atoms with E-state index in [4.69, 9.17) is 0 Å². The van der Waals surface area contributed by atoms with E-state index in [1.165, 1.54) is 17.4 Å². The highest BCUT2D eigenvalue weighted by atomic mass is 15.0. The van der Waals surface area contributed by atoms with Gasteiger partial charge in [0.15, 0.2) is 0 Å². The lowest BCUT2D eigenvalue weighted by atomic mass is 9.89. The number of hydrogen-bond acceptors (Lipinski definition) is 1. The first-order valence-electron chi connectivity index (χ1n) is 8.06. The molecular weight excluding hydrogens is 266 g/mol. The molecule has 2 aliphatic rings. The molecule has 2 aliphatic carbocycles. The minimum atomic E-state index is 0.348. The summed E-state index contributed by atoms with van der Waals surface area (Å²) in [6.45, 7) is 2.24. The molecule has 22 heavy (non-hydrogen) atoms. The van der Waals surface area contributed by atoms with Crippen molar-refractivity contribution in [1.29, 1.82) is 0 Å². The summed E-state index contributed by atoms with van der Waals surface area (Å²) in [5.41, 5.74) is 1.34. The standard InChI is InChI=1S/C21H23N/c1-17(19-11-3-2-4-12-19)22-21(20-13-7-8-14-20)16-15-18-9-5-6-10-18/h2-14,17,21-22H,15-16H2,1H3/t17-,21-/m0/s1. The van der Waals surface area contributed by atoms with E-state index in [0.29, 0.717) is 12.1 Å². The SMILES string of the molecule is C[C@H](N[C@@H](CC[C]1[CH][CH][CH][CH]1)[C]1[CH][CH][CH][CH]1)c1ccccc1. The molecule has 1 heteroatoms. The number of nitrogens with one attached hydrogen (secondary N) is 1. The van der Waals surface area contributed by atoms with Gasteiger partial charge in [-0.3, -0.25) is 0 Å². The van der Waals surface area contributed by atoms with Crippen LogP contribution in [0.25, 0.3) is 0 Å². The molecule has 0 saturated heterocycles. The Morgan fingerprint density at radius 1 is 0.864 bits per heavy atom. The van der Waals surface area contributed by atoms with Crippen molar-refractivity contribution in [3.63, 3.8) is 0 Å². The minimum absolute atomic E-state index is 0.348. The summed E-state index contributed by atoms with van der Waals surface area (Å²) in [7, 11) is 0. The van der Waals surface area contributed by atoms with Gasteiger partial charge in [-0.05, 0) is 82.6 Å². The van der Waals surface area contributed by atoms with Gasteiger partial charge in [-0.1, -0.05) is 30.3 Å². The van der Waals surface area contributed by atoms with Crippen LogP contribution in [-0.2, 0) is 0 Å². The van der Waals surface area contributed by atoms with Crippen LogP contribution in [0.2, 0.25) is 0 Å². The lowest BCUT2D eigenvalue weighted by molar-refractivity contribution is 0.449. The van der Waals surface area contributed by atoms with E-state index in [1.54, 1.807) is 0 Å². The van der Waals surface area contributed by atoms with Crippen LogP contribution in [-0.4, -0.2) is 6.04 Å². The third kappa shape index (κ3) is 4.35. The van der Waals surface area contributed by atoms with Crippen LogP contribution in [0.4, 0.5) is 0 Å². The van der Waals surface area contributed by atoms with E-state index in [0.717, 1.165) is 12.8 Å². The molecule has 2 atom stereocenters. The first kappa shape index (κ1) is 16.1. The first-order chi connectivity index (χ1) is 10.8. The Morgan fingerprint density at radius 3 is 2.18 bits per heavy atom. The smallest absolute Gasteiger partial charge is 0.0294 e. The quantitative estimate of drug-likeness (QED) is 0.789. The van der Waals surface area contributed by atoms with Crippen LogP contribution in [0.15, 0.2) is 30.3 Å². The van der Waals surface area contributed by atoms with Crippen molar-refractivity contribution in [2.75, 3.05) is 0 Å². The number of hydrogen-bond donors (Lipinski definition) is 1. The molecule has 0 amide bonds. The average Bonchev–Trinajstić information content (AvgIpc) is 3.25. The van der Waals surface area contributed by atoms with E-state index < -0.39 is 0 Å². The zero-order valence-corrected chi connectivity index (χ0v) is 13.1. The van der Waals surface area contributed by atoms with Crippen molar-refractivity contribution >= 4 is 0 Å². The topological polar surface area (TPSA) is 12.0 Å². The maximum absolute atomic E-state index is 3.80. The van der Waals surface area contributed by atoms with Gasteiger partial charge in [0.2, 0.25) is 0 Å². The number of benzene rings is 1. The van der Waals surface area contributed by atoms with Gasteiger partial charge in [0.1, 0.15) is 0 Å². The molecule has 1 nitrogen and oxygen atoms in total. The van der Waals surface area contributed by atoms with E-state index >= 15 is 0 Å². The van der Waals surface area contributed by atoms with E-state index in [2.05, 4.69) is 93.9 Å². The molecule has 2 fully saturated rings. The molecule has 0 heterocycles. The molecule has 0 bridgehead atoms. The van der Waals surface area contributed by atoms with Crippen molar-refractivity contribution in [2.45, 2.75) is 31.8 Å². The Morgan fingerprint density at radius 2 is 1.50 bits per heavy atom. The first-order valence-corrected chi connectivity index (χ1v) is 8.06. The molecule has 10 radical (unpaired) electrons. The van der Waals surface area contributed by atoms with Gasteiger partial charge in [0, 0.05) is 18.0 Å². The van der Waals surface area contributed by atoms with Gasteiger partial charge in [0.05, 0.1) is 0 Å². The van der Waals surface area contributed by atoms with Crippen LogP contribution in [0, 0.1) is 63.2 Å². The second-order valence-electron chi connectivity index (χ2n) is 5.90. The Kier molecular flexibility index (Phi) is 5.95. The summed E-state index contributed by atoms with van der Waals surface area (Å²) < 4.78 is 0. The second kappa shape index (κ2) is 8.15. The van der Waals surface area contributed by atoms with Crippen molar-refractivity contribution in [3.8, 4) is 0 Å². The molecule has 1 N–H and O–H groups in total. The Hall–Kier alpha value is -0.820. The van der Waals surface area contributed by atoms with Crippen molar-refractivity contribution in [2.24, 2.45) is 0 Å². The van der Waals surface area contributed by atoms with Gasteiger partial charge >= 0.3 is 0 Å². The van der Waals surface area contributed by atoms with Gasteiger partial charge in [0.25, 0.3) is 0 Å². The zero-order chi connectivity index (χ0) is 15.2. The van der Waals surface area contributed by atoms with E-state index in [-0.39, 0.29) is 0 Å². The highest BCUT2D eigenvalue weighted by Gasteiger charge is 2.28. The molecule has 0 spiro atoms. The Labute approximate surface area is 136 Å². The summed E-state index contributed by atoms with van der Waals surface area (Å²) >= 11 is 0. The molecule has 1 aromatic rings. The van der Waals surface area contributed by atoms with Gasteiger partial charge in [-0.15, -0.1) is 0 Å². The Bertz CT molecular complexity index is 415. The maximum atomic E-state index is 3.80. The summed E-state index contributed by atoms with van der Waals surface area (Å²) in [5, 5.41) is 3.80. The highest BCUT2D eigenvalue weighted by molar-refractivity contribution is 5.40. The van der Waals surface area contributed by atoms with E-state index in [1.807, 2.05) is 0 Å². The van der Waals surface area contributed by atoms with Crippen molar-refractivity contribution < 1.29 is 0 Å². The molecule has 1 aromatic carbocycles. The summed E-state index contributed by atoms with van der Waals surface area (Å²) in [5.74, 6) is 2.81. The molecule has 0 unspecified atom stereocenters. The molecular formula is C21H23N. The molecule has 0 aromatic heterocycles. The minimum Gasteiger partial charge on any atom is -0.307 e. The molecule has 0 aliphatic heterocycles. The third-order valence-electron chi connectivity index (χ3n) is 4.29. The number of rotatable bonds is 7. The molecule has 112 valence electrons. The normalized spacial score (nSPS) is 23.0. The predicted octanol–water partition coefficient (Wildman–Crippen LogP) is 4.30. The Balaban J connectivity index is 1.57. The lowest BCUT2D eigenvalue weighted by Gasteiger charge is -2.29. The molecule has 2 saturated carbocycles. The van der Waals surface area contributed by atoms with Crippen LogP contribution in [0.5, 0.6) is 0 Å². The third-order valence-corrected chi connectivity index (χ3v) is 4.29. The fourth-order valence-electron chi connectivity index (χ4n) is 3.00. The van der Waals surface area contributed by atoms with Crippen LogP contribution >= 0.6 is 0 Å². The maximum Gasteiger partial charge on any atom is 0.0294 e. The fourth-order valence-corrected chi connectivity index (χ4v) is 3.00. The van der Waals surface area contributed by atoms with Crippen LogP contribution in [0.3, 0.4) is 0 Å². The van der Waals surface area contributed by atoms with Crippen molar-refractivity contribution in [1.82, 2.24) is 5.32 Å². The van der Waals surface area contributed by atoms with Gasteiger partial charge in [-0.2, -0.15) is 0 Å². The van der Waals surface area contributed by atoms with E-state index in [9.17, 15) is 0 Å². The van der Waals surface area contributed by atoms with Crippen LogP contribution in [0.1, 0.15) is 31.4 Å². The predicted molar refractivity (Wildman–Crippen MR) is 91.9 cm³/mol. The fraction of sp³-hybridized carbons (Fsp3) is 0.238. The average molecular weight is 289 g/mol. The van der Waals surface area contributed by atoms with Gasteiger partial charge in [-0.25, -0.2) is 0 Å². The summed E-state index contributed by atoms with van der Waals surface area (Å²) in [6.07, 6.45) is 19.6. The lowest BCUT2D eigenvalue weighted by Crippen LogP contribution is -2.36. The summed E-state index contributed by atoms with van der Waals surface area (Å²) in [6, 6.07) is 11.4. The largest absolute Gasteiger partial charge is 0.307 e. The van der Waals surface area contributed by atoms with Gasteiger partial charge < -0.3 is 5.32 Å². The molecule has 3 rings (SSSR count). The second-order valence-corrected chi connectivity index (χ2v) is 5.90. The summed E-state index contributed by atoms with van der Waals surface area (Å²) in [4.78, 5) is 0. The van der Waals surface area contributed by atoms with Crippen molar-refractivity contribution in [3.05, 3.63) is 99.1 Å². The zero-order valence-electron chi connectivity index (χ0n) is 13.1. The highest BCUT2D eigenvalue weighted by Crippen LogP contribution is 2.33. The van der Waals surface area contributed by atoms with Crippen LogP contribution < -0.4 is 5.32 Å².